The molecule has 0 saturated carbocycles. The van der Waals surface area contributed by atoms with E-state index in [1.54, 1.807) is 0 Å². The van der Waals surface area contributed by atoms with Crippen molar-refractivity contribution >= 4 is 25.8 Å². The van der Waals surface area contributed by atoms with Crippen LogP contribution in [0.15, 0.2) is 0 Å². The fourth-order valence-electron chi connectivity index (χ4n) is 1.95. The van der Waals surface area contributed by atoms with Crippen molar-refractivity contribution < 1.29 is 23.1 Å². The molecule has 0 spiro atoms. The molecule has 1 heterocycles. The van der Waals surface area contributed by atoms with Gasteiger partial charge in [-0.1, -0.05) is 0 Å². The molecular weight excluding hydrogens is 370 g/mol. The van der Waals surface area contributed by atoms with Gasteiger partial charge in [0.25, 0.3) is 0 Å². The average molecular weight is 391 g/mol. The number of hydrogen-bond donors (Lipinski definition) is 0. The zero-order chi connectivity index (χ0) is 12.2. The minimum atomic E-state index is -0.370. The second kappa shape index (κ2) is 6.53. The van der Waals surface area contributed by atoms with Crippen molar-refractivity contribution in [2.24, 2.45) is 5.92 Å². The standard InChI is InChI=1S/C11H20NO2.HI.Zn/c1-9-6-5-7-12(8-9)10(13)14-11(2,3)4;;/h9H,1,5-8H2,2-4H3;1H;/q;;+1/p-1/t9-;;/m1../s1. The van der Waals surface area contributed by atoms with Crippen LogP contribution in [0, 0.1) is 5.92 Å². The van der Waals surface area contributed by atoms with E-state index in [9.17, 15) is 4.79 Å². The molecule has 0 N–H and O–H groups in total. The van der Waals surface area contributed by atoms with Crippen LogP contribution in [0.1, 0.15) is 33.6 Å². The Morgan fingerprint density at radius 2 is 2.25 bits per heavy atom. The molecule has 0 aromatic heterocycles. The van der Waals surface area contributed by atoms with Gasteiger partial charge >= 0.3 is 117 Å². The maximum absolute atomic E-state index is 11.9. The molecule has 1 fully saturated rings. The molecule has 1 atom stereocenters. The summed E-state index contributed by atoms with van der Waals surface area (Å²) >= 11 is 2.29. The van der Waals surface area contributed by atoms with Gasteiger partial charge < -0.3 is 0 Å². The Bertz CT molecular complexity index is 241. The van der Waals surface area contributed by atoms with Gasteiger partial charge in [-0.15, -0.1) is 0 Å². The predicted molar refractivity (Wildman–Crippen MR) is 69.4 cm³/mol. The van der Waals surface area contributed by atoms with E-state index in [4.69, 9.17) is 4.74 Å². The first-order valence-electron chi connectivity index (χ1n) is 5.96. The van der Waals surface area contributed by atoms with Crippen LogP contribution in [0.3, 0.4) is 0 Å². The zero-order valence-corrected chi connectivity index (χ0v) is 15.6. The van der Waals surface area contributed by atoms with Crippen molar-refractivity contribution in [1.82, 2.24) is 4.90 Å². The molecule has 3 nitrogen and oxygen atoms in total. The number of ether oxygens (including phenoxy) is 1. The molecule has 5 heteroatoms. The molecule has 1 rings (SSSR count). The molecule has 1 amide bonds. The monoisotopic (exact) mass is 389 g/mol. The van der Waals surface area contributed by atoms with Crippen LogP contribution in [-0.2, 0) is 18.3 Å². The molecular formula is C11H20INO2Zn. The van der Waals surface area contributed by atoms with E-state index in [1.807, 2.05) is 25.7 Å². The Balaban J connectivity index is 2.44. The van der Waals surface area contributed by atoms with Crippen molar-refractivity contribution in [2.45, 2.75) is 44.2 Å². The van der Waals surface area contributed by atoms with Crippen LogP contribution >= 0.6 is 19.8 Å². The maximum atomic E-state index is 11.9. The summed E-state index contributed by atoms with van der Waals surface area (Å²) in [6, 6.07) is 0. The van der Waals surface area contributed by atoms with Crippen LogP contribution in [0.4, 0.5) is 4.79 Å². The summed E-state index contributed by atoms with van der Waals surface area (Å²) in [6.07, 6.45) is 2.31. The van der Waals surface area contributed by atoms with Gasteiger partial charge in [0.15, 0.2) is 0 Å². The molecule has 0 aromatic rings. The van der Waals surface area contributed by atoms with E-state index >= 15 is 0 Å². The quantitative estimate of drug-likeness (QED) is 0.534. The fraction of sp³-hybridized carbons (Fsp3) is 0.909. The van der Waals surface area contributed by atoms with Crippen molar-refractivity contribution in [1.29, 1.82) is 0 Å². The number of halogens is 1. The van der Waals surface area contributed by atoms with Gasteiger partial charge in [-0.2, -0.15) is 0 Å². The Kier molecular flexibility index (Phi) is 5.99. The van der Waals surface area contributed by atoms with Gasteiger partial charge in [0, 0.05) is 0 Å². The summed E-state index contributed by atoms with van der Waals surface area (Å²) in [4.78, 5) is 13.8. The van der Waals surface area contributed by atoms with Crippen LogP contribution in [0.5, 0.6) is 0 Å². The summed E-state index contributed by atoms with van der Waals surface area (Å²) in [5, 5.41) is 1.40. The summed E-state index contributed by atoms with van der Waals surface area (Å²) < 4.78 is 5.40. The normalized spacial score (nSPS) is 21.5. The van der Waals surface area contributed by atoms with Crippen molar-refractivity contribution in [3.63, 3.8) is 0 Å². The predicted octanol–water partition coefficient (Wildman–Crippen LogP) is 3.48. The zero-order valence-electron chi connectivity index (χ0n) is 10.5. The third kappa shape index (κ3) is 5.30. The Hall–Kier alpha value is 0.623. The number of carbonyl (C=O) groups is 1. The second-order valence-electron chi connectivity index (χ2n) is 5.41. The third-order valence-electron chi connectivity index (χ3n) is 2.69. The summed E-state index contributed by atoms with van der Waals surface area (Å²) in [6.45, 7) is 7.56. The van der Waals surface area contributed by atoms with Crippen LogP contribution in [0.25, 0.3) is 0 Å². The van der Waals surface area contributed by atoms with Gasteiger partial charge in [-0.25, -0.2) is 0 Å². The number of nitrogens with zero attached hydrogens (tertiary/aromatic N) is 1. The molecule has 90 valence electrons. The van der Waals surface area contributed by atoms with Crippen molar-refractivity contribution in [3.05, 3.63) is 0 Å². The second-order valence-corrected chi connectivity index (χ2v) is 13.0. The molecule has 1 saturated heterocycles. The number of carbonyl (C=O) groups excluding carboxylic acids is 1. The first-order valence-corrected chi connectivity index (χ1v) is 17.1. The Labute approximate surface area is 116 Å². The molecule has 16 heavy (non-hydrogen) atoms. The Morgan fingerprint density at radius 3 is 2.81 bits per heavy atom. The van der Waals surface area contributed by atoms with E-state index in [0.29, 0.717) is 0 Å². The topological polar surface area (TPSA) is 29.5 Å². The SMILES string of the molecule is CC(C)(C)OC(=O)N1CCC[C@@H]([CH2][Zn][I])C1. The molecule has 0 unspecified atom stereocenters. The first kappa shape index (κ1) is 14.7. The number of amides is 1. The van der Waals surface area contributed by atoms with E-state index in [2.05, 4.69) is 19.8 Å². The summed E-state index contributed by atoms with van der Waals surface area (Å²) in [5.41, 5.74) is -0.370. The van der Waals surface area contributed by atoms with Gasteiger partial charge in [-0.3, -0.25) is 0 Å². The Morgan fingerprint density at radius 1 is 1.56 bits per heavy atom. The van der Waals surface area contributed by atoms with E-state index < -0.39 is 0 Å². The number of piperidine rings is 1. The van der Waals surface area contributed by atoms with Crippen LogP contribution in [-0.4, -0.2) is 29.7 Å². The number of hydrogen-bond acceptors (Lipinski definition) is 2. The van der Waals surface area contributed by atoms with Crippen molar-refractivity contribution in [3.8, 4) is 0 Å². The molecule has 0 radical (unpaired) electrons. The van der Waals surface area contributed by atoms with Crippen LogP contribution in [0.2, 0.25) is 5.02 Å². The molecule has 1 aliphatic heterocycles. The van der Waals surface area contributed by atoms with Gasteiger partial charge in [0.05, 0.1) is 0 Å². The fourth-order valence-corrected chi connectivity index (χ4v) is 8.16. The van der Waals surface area contributed by atoms with Crippen molar-refractivity contribution in [2.75, 3.05) is 13.1 Å². The van der Waals surface area contributed by atoms with Crippen LogP contribution < -0.4 is 0 Å². The number of rotatable bonds is 2. The van der Waals surface area contributed by atoms with E-state index in [1.165, 1.54) is 11.4 Å². The van der Waals surface area contributed by atoms with Gasteiger partial charge in [0.1, 0.15) is 0 Å². The number of likely N-dealkylation sites (tertiary alicyclic amines) is 1. The molecule has 0 aromatic carbocycles. The van der Waals surface area contributed by atoms with E-state index in [-0.39, 0.29) is 25.3 Å². The minimum absolute atomic E-state index is 0.127. The average Bonchev–Trinajstić information content (AvgIpc) is 2.16. The third-order valence-corrected chi connectivity index (χ3v) is 8.10. The van der Waals surface area contributed by atoms with E-state index in [0.717, 1.165) is 25.4 Å². The summed E-state index contributed by atoms with van der Waals surface area (Å²) in [5.74, 6) is 0.748. The molecule has 0 aliphatic carbocycles. The van der Waals surface area contributed by atoms with Gasteiger partial charge in [-0.05, 0) is 0 Å². The molecule has 1 aliphatic rings. The van der Waals surface area contributed by atoms with Gasteiger partial charge in [0.2, 0.25) is 0 Å². The summed E-state index contributed by atoms with van der Waals surface area (Å²) in [7, 11) is 0. The first-order chi connectivity index (χ1) is 7.42. The molecule has 0 bridgehead atoms.